The second-order valence-corrected chi connectivity index (χ2v) is 5.18. The third-order valence-electron chi connectivity index (χ3n) is 3.91. The highest BCUT2D eigenvalue weighted by Crippen LogP contribution is 2.29. The summed E-state index contributed by atoms with van der Waals surface area (Å²) in [7, 11) is 0. The zero-order valence-corrected chi connectivity index (χ0v) is 10.5. The average molecular weight is 208 g/mol. The molecule has 0 aliphatic carbocycles. The maximum atomic E-state index is 8.84. The number of rotatable bonds is 3. The highest BCUT2D eigenvalue weighted by molar-refractivity contribution is 4.89. The molecule has 1 saturated heterocycles. The van der Waals surface area contributed by atoms with Crippen molar-refractivity contribution in [3.63, 3.8) is 0 Å². The lowest BCUT2D eigenvalue weighted by Crippen LogP contribution is -2.50. The van der Waals surface area contributed by atoms with Crippen LogP contribution in [0.5, 0.6) is 0 Å². The zero-order chi connectivity index (χ0) is 11.4. The van der Waals surface area contributed by atoms with Crippen LogP contribution in [-0.4, -0.2) is 23.5 Å². The minimum atomic E-state index is 0.468. The molecule has 0 amide bonds. The van der Waals surface area contributed by atoms with Crippen LogP contribution < -0.4 is 0 Å². The molecule has 0 radical (unpaired) electrons. The molecule has 86 valence electrons. The van der Waals surface area contributed by atoms with Crippen molar-refractivity contribution in [3.8, 4) is 6.07 Å². The molecule has 4 unspecified atom stereocenters. The van der Waals surface area contributed by atoms with Gasteiger partial charge in [-0.3, -0.25) is 4.90 Å². The fraction of sp³-hybridized carbons (Fsp3) is 0.923. The smallest absolute Gasteiger partial charge is 0.0638 e. The Bertz CT molecular complexity index is 231. The molecule has 1 fully saturated rings. The molecule has 2 heteroatoms. The molecule has 0 saturated carbocycles. The third kappa shape index (κ3) is 2.95. The number of nitriles is 1. The normalized spacial score (nSPS) is 34.7. The number of likely N-dealkylation sites (tertiary alicyclic amines) is 1. The van der Waals surface area contributed by atoms with Crippen LogP contribution in [0.25, 0.3) is 0 Å². The van der Waals surface area contributed by atoms with Gasteiger partial charge in [0.05, 0.1) is 12.5 Å². The Morgan fingerprint density at radius 3 is 2.60 bits per heavy atom. The Kier molecular flexibility index (Phi) is 4.60. The molecule has 0 spiro atoms. The fourth-order valence-electron chi connectivity index (χ4n) is 2.84. The standard InChI is InChI=1S/C13H24N2/c1-5-13(6-7-14)15-9-10(2)8-11(3)12(15)4/h10-13H,5-6,8-9H2,1-4H3. The molecule has 4 atom stereocenters. The van der Waals surface area contributed by atoms with Crippen LogP contribution in [0.4, 0.5) is 0 Å². The summed E-state index contributed by atoms with van der Waals surface area (Å²) in [5.74, 6) is 1.55. The van der Waals surface area contributed by atoms with Gasteiger partial charge in [-0.25, -0.2) is 0 Å². The average Bonchev–Trinajstić information content (AvgIpc) is 2.20. The van der Waals surface area contributed by atoms with Gasteiger partial charge in [0, 0.05) is 18.6 Å². The van der Waals surface area contributed by atoms with Crippen molar-refractivity contribution in [1.82, 2.24) is 4.90 Å². The summed E-state index contributed by atoms with van der Waals surface area (Å²) in [6.45, 7) is 10.3. The van der Waals surface area contributed by atoms with E-state index in [4.69, 9.17) is 5.26 Å². The van der Waals surface area contributed by atoms with E-state index < -0.39 is 0 Å². The molecule has 0 aromatic heterocycles. The Balaban J connectivity index is 2.68. The first-order valence-corrected chi connectivity index (χ1v) is 6.22. The van der Waals surface area contributed by atoms with Gasteiger partial charge < -0.3 is 0 Å². The zero-order valence-electron chi connectivity index (χ0n) is 10.5. The molecular formula is C13H24N2. The van der Waals surface area contributed by atoms with Crippen molar-refractivity contribution in [2.24, 2.45) is 11.8 Å². The topological polar surface area (TPSA) is 27.0 Å². The molecule has 0 N–H and O–H groups in total. The molecule has 0 aromatic carbocycles. The predicted octanol–water partition coefficient (Wildman–Crippen LogP) is 3.05. The van der Waals surface area contributed by atoms with Crippen LogP contribution in [0.2, 0.25) is 0 Å². The van der Waals surface area contributed by atoms with Crippen LogP contribution >= 0.6 is 0 Å². The van der Waals surface area contributed by atoms with Crippen molar-refractivity contribution in [2.75, 3.05) is 6.54 Å². The number of nitrogens with zero attached hydrogens (tertiary/aromatic N) is 2. The van der Waals surface area contributed by atoms with Crippen LogP contribution in [-0.2, 0) is 0 Å². The molecule has 1 heterocycles. The molecule has 0 aromatic rings. The van der Waals surface area contributed by atoms with Gasteiger partial charge in [-0.2, -0.15) is 5.26 Å². The van der Waals surface area contributed by atoms with E-state index in [9.17, 15) is 0 Å². The van der Waals surface area contributed by atoms with E-state index in [1.807, 2.05) is 0 Å². The first-order valence-electron chi connectivity index (χ1n) is 6.22. The number of hydrogen-bond donors (Lipinski definition) is 0. The lowest BCUT2D eigenvalue weighted by Gasteiger charge is -2.44. The predicted molar refractivity (Wildman–Crippen MR) is 63.4 cm³/mol. The van der Waals surface area contributed by atoms with E-state index in [1.165, 1.54) is 13.0 Å². The minimum absolute atomic E-state index is 0.468. The fourth-order valence-corrected chi connectivity index (χ4v) is 2.84. The molecule has 15 heavy (non-hydrogen) atoms. The van der Waals surface area contributed by atoms with Crippen molar-refractivity contribution < 1.29 is 0 Å². The minimum Gasteiger partial charge on any atom is -0.296 e. The Morgan fingerprint density at radius 1 is 1.40 bits per heavy atom. The van der Waals surface area contributed by atoms with Crippen molar-refractivity contribution in [3.05, 3.63) is 0 Å². The maximum absolute atomic E-state index is 8.84. The second kappa shape index (κ2) is 5.51. The Labute approximate surface area is 94.3 Å². The maximum Gasteiger partial charge on any atom is 0.0638 e. The lowest BCUT2D eigenvalue weighted by atomic mass is 9.84. The van der Waals surface area contributed by atoms with Crippen LogP contribution in [0.3, 0.4) is 0 Å². The summed E-state index contributed by atoms with van der Waals surface area (Å²) in [6, 6.07) is 3.43. The van der Waals surface area contributed by atoms with Gasteiger partial charge in [-0.1, -0.05) is 20.8 Å². The van der Waals surface area contributed by atoms with Crippen LogP contribution in [0, 0.1) is 23.2 Å². The van der Waals surface area contributed by atoms with Crippen molar-refractivity contribution >= 4 is 0 Å². The summed E-state index contributed by atoms with van der Waals surface area (Å²) in [4.78, 5) is 2.56. The molecular weight excluding hydrogens is 184 g/mol. The van der Waals surface area contributed by atoms with Gasteiger partial charge in [0.1, 0.15) is 0 Å². The Morgan fingerprint density at radius 2 is 2.07 bits per heavy atom. The third-order valence-corrected chi connectivity index (χ3v) is 3.91. The van der Waals surface area contributed by atoms with E-state index in [1.54, 1.807) is 0 Å². The highest BCUT2D eigenvalue weighted by Gasteiger charge is 2.32. The van der Waals surface area contributed by atoms with Gasteiger partial charge in [-0.15, -0.1) is 0 Å². The highest BCUT2D eigenvalue weighted by atomic mass is 15.2. The van der Waals surface area contributed by atoms with E-state index in [2.05, 4.69) is 38.7 Å². The summed E-state index contributed by atoms with van der Waals surface area (Å²) in [5.41, 5.74) is 0. The molecule has 1 rings (SSSR count). The first-order chi connectivity index (χ1) is 7.10. The Hall–Kier alpha value is -0.550. The lowest BCUT2D eigenvalue weighted by molar-refractivity contribution is 0.0401. The van der Waals surface area contributed by atoms with Gasteiger partial charge in [0.25, 0.3) is 0 Å². The molecule has 2 nitrogen and oxygen atoms in total. The van der Waals surface area contributed by atoms with Gasteiger partial charge in [-0.05, 0) is 31.6 Å². The van der Waals surface area contributed by atoms with Gasteiger partial charge in [0.2, 0.25) is 0 Å². The summed E-state index contributed by atoms with van der Waals surface area (Å²) >= 11 is 0. The molecule has 1 aliphatic heterocycles. The summed E-state index contributed by atoms with van der Waals surface area (Å²) < 4.78 is 0. The summed E-state index contributed by atoms with van der Waals surface area (Å²) in [6.07, 6.45) is 3.11. The van der Waals surface area contributed by atoms with E-state index >= 15 is 0 Å². The number of piperidine rings is 1. The van der Waals surface area contributed by atoms with E-state index in [0.29, 0.717) is 18.5 Å². The second-order valence-electron chi connectivity index (χ2n) is 5.18. The molecule has 0 bridgehead atoms. The largest absolute Gasteiger partial charge is 0.296 e. The van der Waals surface area contributed by atoms with E-state index in [0.717, 1.165) is 18.3 Å². The van der Waals surface area contributed by atoms with Crippen LogP contribution in [0.1, 0.15) is 47.0 Å². The van der Waals surface area contributed by atoms with Crippen LogP contribution in [0.15, 0.2) is 0 Å². The monoisotopic (exact) mass is 208 g/mol. The quantitative estimate of drug-likeness (QED) is 0.713. The van der Waals surface area contributed by atoms with Crippen molar-refractivity contribution in [2.45, 2.75) is 59.0 Å². The van der Waals surface area contributed by atoms with Gasteiger partial charge in [0.15, 0.2) is 0 Å². The number of hydrogen-bond acceptors (Lipinski definition) is 2. The first kappa shape index (κ1) is 12.5. The molecule has 1 aliphatic rings. The van der Waals surface area contributed by atoms with Crippen molar-refractivity contribution in [1.29, 1.82) is 5.26 Å². The SMILES string of the molecule is CCC(CC#N)N1CC(C)CC(C)C1C. The van der Waals surface area contributed by atoms with Gasteiger partial charge >= 0.3 is 0 Å². The van der Waals surface area contributed by atoms with E-state index in [-0.39, 0.29) is 0 Å². The summed E-state index contributed by atoms with van der Waals surface area (Å²) in [5, 5.41) is 8.84.